The largest absolute Gasteiger partial charge is 0.291 e. The van der Waals surface area contributed by atoms with Crippen molar-refractivity contribution < 1.29 is 14.9 Å². The van der Waals surface area contributed by atoms with Gasteiger partial charge in [0.15, 0.2) is 0 Å². The Morgan fingerprint density at radius 2 is 2.11 bits per heavy atom. The van der Waals surface area contributed by atoms with Gasteiger partial charge in [-0.15, -0.1) is 0 Å². The van der Waals surface area contributed by atoms with Crippen LogP contribution in [0.5, 0.6) is 5.75 Å². The first kappa shape index (κ1) is 15.0. The first-order valence-corrected chi connectivity index (χ1v) is 6.13. The second-order valence-corrected chi connectivity index (χ2v) is 4.41. The third kappa shape index (κ3) is 3.49. The number of hydrazone groups is 1. The number of benzene rings is 1. The molecule has 1 aromatic carbocycles. The molecule has 0 aliphatic rings. The monoisotopic (exact) mass is 355 g/mol. The van der Waals surface area contributed by atoms with Gasteiger partial charge >= 0.3 is 0 Å². The van der Waals surface area contributed by atoms with E-state index in [1.807, 2.05) is 0 Å². The molecule has 1 aromatic rings. The van der Waals surface area contributed by atoms with Gasteiger partial charge in [-0.2, -0.15) is 0 Å². The smallest absolute Gasteiger partial charge is 0.288 e. The molecule has 0 bridgehead atoms. The van der Waals surface area contributed by atoms with Crippen molar-refractivity contribution >= 4 is 51.5 Å². The molecule has 0 radical (unpaired) electrons. The highest BCUT2D eigenvalue weighted by Crippen LogP contribution is 2.32. The van der Waals surface area contributed by atoms with Gasteiger partial charge in [0.1, 0.15) is 21.0 Å². The van der Waals surface area contributed by atoms with Crippen molar-refractivity contribution in [2.75, 3.05) is 0 Å². The number of hydrogen-bond acceptors (Lipinski definition) is 3. The number of guanidine groups is 1. The van der Waals surface area contributed by atoms with Gasteiger partial charge in [-0.25, -0.2) is 10.3 Å². The summed E-state index contributed by atoms with van der Waals surface area (Å²) in [6.45, 7) is 1.66. The van der Waals surface area contributed by atoms with Crippen molar-refractivity contribution in [3.63, 3.8) is 0 Å². The Morgan fingerprint density at radius 1 is 1.56 bits per heavy atom. The van der Waals surface area contributed by atoms with Crippen LogP contribution in [0.1, 0.15) is 6.92 Å². The van der Waals surface area contributed by atoms with E-state index >= 15 is 0 Å². The predicted molar refractivity (Wildman–Crippen MR) is 72.5 cm³/mol. The molecule has 18 heavy (non-hydrogen) atoms. The summed E-state index contributed by atoms with van der Waals surface area (Å²) in [5.74, 6) is -0.134. The van der Waals surface area contributed by atoms with E-state index in [2.05, 4.69) is 16.1 Å². The molecule has 98 valence electrons. The van der Waals surface area contributed by atoms with Gasteiger partial charge in [0.2, 0.25) is 12.0 Å². The van der Waals surface area contributed by atoms with Crippen LogP contribution in [0, 0.1) is 5.41 Å². The number of hydroxylamine groups is 1. The Kier molecular flexibility index (Phi) is 5.67. The minimum Gasteiger partial charge on any atom is -0.288 e. The highest BCUT2D eigenvalue weighted by Gasteiger charge is 2.23. The van der Waals surface area contributed by atoms with Crippen LogP contribution in [0.4, 0.5) is 0 Å². The van der Waals surface area contributed by atoms with Gasteiger partial charge in [-0.3, -0.25) is 10.6 Å². The topological polar surface area (TPSA) is 71.6 Å². The fraction of sp³-hybridized carbons (Fsp3) is 0.111. The van der Waals surface area contributed by atoms with Crippen LogP contribution in [0.2, 0.25) is 10.0 Å². The van der Waals surface area contributed by atoms with E-state index in [1.165, 1.54) is 6.21 Å². The van der Waals surface area contributed by atoms with Crippen molar-refractivity contribution in [2.24, 2.45) is 0 Å². The average Bonchev–Trinajstić information content (AvgIpc) is 2.37. The number of hydrazine groups is 1. The van der Waals surface area contributed by atoms with Gasteiger partial charge in [0.05, 0.1) is 10.0 Å². The number of nitrogens with zero attached hydrogens (tertiary/aromatic N) is 2. The fourth-order valence-electron chi connectivity index (χ4n) is 0.993. The molecule has 0 saturated carbocycles. The molecule has 9 heteroatoms. The van der Waals surface area contributed by atoms with Crippen LogP contribution in [-0.4, -0.2) is 26.3 Å². The van der Waals surface area contributed by atoms with E-state index in [0.717, 1.165) is 8.88 Å². The molecule has 0 atom stereocenters. The number of para-hydroxylation sites is 1. The van der Waals surface area contributed by atoms with Crippen LogP contribution < -0.4 is 10.3 Å². The summed E-state index contributed by atoms with van der Waals surface area (Å²) in [6.07, 6.45) is 1.49. The highest BCUT2D eigenvalue weighted by atomic mass is 79.9. The first-order chi connectivity index (χ1) is 8.51. The van der Waals surface area contributed by atoms with Crippen molar-refractivity contribution in [1.82, 2.24) is 9.52 Å². The standard InChI is InChI=1S/C9H10BrCl2N4O2/c1-2-15(16(10)9(13)14-17)18-8-6(11)4-3-5-7(8)12/h2-5,17H,1H3,(H2,13,14)/q+1. The number of hydrogen-bond donors (Lipinski definition) is 3. The lowest BCUT2D eigenvalue weighted by Gasteiger charge is -2.11. The third-order valence-electron chi connectivity index (χ3n) is 1.79. The van der Waals surface area contributed by atoms with E-state index in [4.69, 9.17) is 38.7 Å². The Hall–Kier alpha value is -1.02. The quantitative estimate of drug-likeness (QED) is 0.256. The number of nitrogens with one attached hydrogen (secondary N) is 2. The molecule has 0 fully saturated rings. The Labute approximate surface area is 122 Å². The van der Waals surface area contributed by atoms with Crippen molar-refractivity contribution in [1.29, 1.82) is 5.41 Å². The summed E-state index contributed by atoms with van der Waals surface area (Å²) in [5.41, 5.74) is 1.65. The molecule has 6 nitrogen and oxygen atoms in total. The van der Waals surface area contributed by atoms with Gasteiger partial charge in [-0.05, 0) is 16.2 Å². The van der Waals surface area contributed by atoms with Gasteiger partial charge in [-0.1, -0.05) is 29.3 Å². The minimum atomic E-state index is -0.365. The highest BCUT2D eigenvalue weighted by molar-refractivity contribution is 9.07. The fourth-order valence-corrected chi connectivity index (χ4v) is 1.79. The number of halogens is 3. The molecule has 1 rings (SSSR count). The van der Waals surface area contributed by atoms with Crippen LogP contribution in [0.25, 0.3) is 0 Å². The lowest BCUT2D eigenvalue weighted by Crippen LogP contribution is -2.41. The molecule has 0 saturated heterocycles. The van der Waals surface area contributed by atoms with E-state index in [1.54, 1.807) is 30.6 Å². The Balaban J connectivity index is 2.98. The Bertz CT molecular complexity index is 463. The van der Waals surface area contributed by atoms with Crippen LogP contribution >= 0.6 is 39.3 Å². The Morgan fingerprint density at radius 3 is 2.56 bits per heavy atom. The molecule has 0 amide bonds. The molecule has 0 unspecified atom stereocenters. The SMILES string of the molecule is CC=[N+](Oc1c(Cl)cccc1Cl)N(Br)C(=N)NO. The summed E-state index contributed by atoms with van der Waals surface area (Å²) in [7, 11) is 0. The van der Waals surface area contributed by atoms with Crippen molar-refractivity contribution in [3.8, 4) is 5.75 Å². The summed E-state index contributed by atoms with van der Waals surface area (Å²) < 4.78 is 1.02. The summed E-state index contributed by atoms with van der Waals surface area (Å²) in [6, 6.07) is 4.91. The molecule has 0 spiro atoms. The molecule has 0 aliphatic carbocycles. The lowest BCUT2D eigenvalue weighted by atomic mass is 10.3. The van der Waals surface area contributed by atoms with Crippen LogP contribution in [-0.2, 0) is 0 Å². The van der Waals surface area contributed by atoms with E-state index in [-0.39, 0.29) is 11.7 Å². The van der Waals surface area contributed by atoms with Crippen LogP contribution in [0.15, 0.2) is 18.2 Å². The predicted octanol–water partition coefficient (Wildman–Crippen LogP) is 2.83. The van der Waals surface area contributed by atoms with E-state index < -0.39 is 0 Å². The maximum absolute atomic E-state index is 8.63. The van der Waals surface area contributed by atoms with E-state index in [0.29, 0.717) is 10.0 Å². The van der Waals surface area contributed by atoms with Gasteiger partial charge in [0, 0.05) is 6.92 Å². The molecular formula is C9H10BrCl2N4O2+. The zero-order valence-corrected chi connectivity index (χ0v) is 12.3. The minimum absolute atomic E-state index is 0.231. The van der Waals surface area contributed by atoms with E-state index in [9.17, 15) is 0 Å². The third-order valence-corrected chi connectivity index (χ3v) is 3.05. The molecule has 0 aromatic heterocycles. The molecule has 3 N–H and O–H groups in total. The second-order valence-electron chi connectivity index (χ2n) is 2.92. The average molecular weight is 357 g/mol. The second kappa shape index (κ2) is 6.79. The maximum Gasteiger partial charge on any atom is 0.291 e. The molecular weight excluding hydrogens is 347 g/mol. The van der Waals surface area contributed by atoms with Crippen molar-refractivity contribution in [3.05, 3.63) is 28.2 Å². The normalized spacial score (nSPS) is 11.1. The number of rotatable bonds is 3. The van der Waals surface area contributed by atoms with Gasteiger partial charge in [0.25, 0.3) is 5.96 Å². The summed E-state index contributed by atoms with van der Waals surface area (Å²) >= 11 is 14.9. The maximum atomic E-state index is 8.63. The first-order valence-electron chi connectivity index (χ1n) is 4.66. The summed E-state index contributed by atoms with van der Waals surface area (Å²) in [5, 5.41) is 16.6. The van der Waals surface area contributed by atoms with Crippen molar-refractivity contribution in [2.45, 2.75) is 6.92 Å². The van der Waals surface area contributed by atoms with Crippen LogP contribution in [0.3, 0.4) is 0 Å². The van der Waals surface area contributed by atoms with Gasteiger partial charge < -0.3 is 0 Å². The summed E-state index contributed by atoms with van der Waals surface area (Å²) in [4.78, 5) is 6.52. The molecule has 0 aliphatic heterocycles. The zero-order chi connectivity index (χ0) is 13.7. The zero-order valence-electron chi connectivity index (χ0n) is 9.19. The lowest BCUT2D eigenvalue weighted by molar-refractivity contribution is -0.818. The molecule has 0 heterocycles.